The van der Waals surface area contributed by atoms with Crippen LogP contribution in [0.25, 0.3) is 0 Å². The fourth-order valence-corrected chi connectivity index (χ4v) is 2.65. The number of hydrazine groups is 1. The zero-order chi connectivity index (χ0) is 17.5. The minimum Gasteiger partial charge on any atom is -0.489 e. The summed E-state index contributed by atoms with van der Waals surface area (Å²) < 4.78 is 20.3. The lowest BCUT2D eigenvalue weighted by molar-refractivity contribution is 0.299. The second-order valence-electron chi connectivity index (χ2n) is 5.52. The van der Waals surface area contributed by atoms with Crippen LogP contribution in [0.5, 0.6) is 5.75 Å². The first kappa shape index (κ1) is 17.5. The molecule has 0 aliphatic heterocycles. The van der Waals surface area contributed by atoms with Crippen LogP contribution in [0.1, 0.15) is 11.1 Å². The molecule has 0 amide bonds. The summed E-state index contributed by atoms with van der Waals surface area (Å²) in [5.74, 6) is 0.431. The Labute approximate surface area is 154 Å². The van der Waals surface area contributed by atoms with Gasteiger partial charge >= 0.3 is 0 Å². The minimum absolute atomic E-state index is 0.193. The van der Waals surface area contributed by atoms with Crippen LogP contribution in [0.2, 0.25) is 0 Å². The number of hydrogen-bond acceptors (Lipinski definition) is 3. The van der Waals surface area contributed by atoms with Gasteiger partial charge in [0.2, 0.25) is 0 Å². The molecule has 3 rings (SSSR count). The quantitative estimate of drug-likeness (QED) is 0.529. The molecule has 0 saturated carbocycles. The molecule has 0 bridgehead atoms. The van der Waals surface area contributed by atoms with Gasteiger partial charge in [0.15, 0.2) is 0 Å². The van der Waals surface area contributed by atoms with E-state index in [0.717, 1.165) is 11.3 Å². The number of hydrogen-bond donors (Lipinski definition) is 2. The van der Waals surface area contributed by atoms with E-state index in [2.05, 4.69) is 26.8 Å². The van der Waals surface area contributed by atoms with Crippen molar-refractivity contribution in [1.82, 2.24) is 5.43 Å². The van der Waals surface area contributed by atoms with Gasteiger partial charge in [0.1, 0.15) is 18.2 Å². The topological polar surface area (TPSA) is 33.3 Å². The molecule has 0 aliphatic carbocycles. The van der Waals surface area contributed by atoms with Crippen molar-refractivity contribution in [2.24, 2.45) is 0 Å². The van der Waals surface area contributed by atoms with Crippen LogP contribution in [-0.4, -0.2) is 0 Å². The highest BCUT2D eigenvalue weighted by atomic mass is 79.9. The predicted octanol–water partition coefficient (Wildman–Crippen LogP) is 5.28. The molecule has 0 atom stereocenters. The van der Waals surface area contributed by atoms with Gasteiger partial charge in [0.05, 0.1) is 0 Å². The Balaban J connectivity index is 1.54. The number of rotatable bonds is 7. The van der Waals surface area contributed by atoms with Gasteiger partial charge < -0.3 is 10.2 Å². The number of anilines is 1. The largest absolute Gasteiger partial charge is 0.489 e. The monoisotopic (exact) mass is 400 g/mol. The van der Waals surface area contributed by atoms with E-state index in [1.165, 1.54) is 6.07 Å². The zero-order valence-electron chi connectivity index (χ0n) is 13.5. The van der Waals surface area contributed by atoms with Crippen LogP contribution in [0.3, 0.4) is 0 Å². The number of halogens is 2. The van der Waals surface area contributed by atoms with E-state index in [-0.39, 0.29) is 12.4 Å². The van der Waals surface area contributed by atoms with Crippen LogP contribution >= 0.6 is 15.9 Å². The summed E-state index contributed by atoms with van der Waals surface area (Å²) in [5.41, 5.74) is 8.89. The van der Waals surface area contributed by atoms with Gasteiger partial charge in [-0.25, -0.2) is 9.82 Å². The van der Waals surface area contributed by atoms with Crippen molar-refractivity contribution in [2.75, 3.05) is 5.43 Å². The zero-order valence-corrected chi connectivity index (χ0v) is 15.1. The Bertz CT molecular complexity index is 827. The van der Waals surface area contributed by atoms with Crippen LogP contribution in [0, 0.1) is 5.82 Å². The standard InChI is InChI=1S/C20H18BrFN2O/c21-17-10-9-16(20(22)12-17)14-25-19-8-4-5-15(11-19)13-23-24-18-6-2-1-3-7-18/h1-12,23-24H,13-14H2. The van der Waals surface area contributed by atoms with Crippen molar-refractivity contribution < 1.29 is 9.13 Å². The average molecular weight is 401 g/mol. The van der Waals surface area contributed by atoms with Gasteiger partial charge in [0.25, 0.3) is 0 Å². The number of benzene rings is 3. The normalized spacial score (nSPS) is 10.5. The predicted molar refractivity (Wildman–Crippen MR) is 102 cm³/mol. The Morgan fingerprint density at radius 3 is 2.56 bits per heavy atom. The molecule has 0 fully saturated rings. The maximum atomic E-state index is 13.8. The molecule has 5 heteroatoms. The van der Waals surface area contributed by atoms with Crippen molar-refractivity contribution in [3.05, 3.63) is 94.2 Å². The fraction of sp³-hybridized carbons (Fsp3) is 0.100. The number of ether oxygens (including phenoxy) is 1. The van der Waals surface area contributed by atoms with E-state index in [4.69, 9.17) is 4.74 Å². The molecule has 3 aromatic carbocycles. The summed E-state index contributed by atoms with van der Waals surface area (Å²) in [4.78, 5) is 0. The molecule has 25 heavy (non-hydrogen) atoms. The van der Waals surface area contributed by atoms with Gasteiger partial charge in [-0.3, -0.25) is 0 Å². The van der Waals surface area contributed by atoms with Crippen LogP contribution in [0.4, 0.5) is 10.1 Å². The van der Waals surface area contributed by atoms with E-state index in [1.54, 1.807) is 12.1 Å². The van der Waals surface area contributed by atoms with E-state index >= 15 is 0 Å². The third-order valence-electron chi connectivity index (χ3n) is 3.61. The SMILES string of the molecule is Fc1cc(Br)ccc1COc1cccc(CNNc2ccccc2)c1. The van der Waals surface area contributed by atoms with Crippen molar-refractivity contribution in [1.29, 1.82) is 0 Å². The van der Waals surface area contributed by atoms with Crippen LogP contribution in [0.15, 0.2) is 77.3 Å². The lowest BCUT2D eigenvalue weighted by Gasteiger charge is -2.11. The van der Waals surface area contributed by atoms with E-state index < -0.39 is 0 Å². The molecule has 0 aromatic heterocycles. The molecular weight excluding hydrogens is 383 g/mol. The lowest BCUT2D eigenvalue weighted by Crippen LogP contribution is -2.20. The number of nitrogens with one attached hydrogen (secondary N) is 2. The summed E-state index contributed by atoms with van der Waals surface area (Å²) in [6.45, 7) is 0.830. The summed E-state index contributed by atoms with van der Waals surface area (Å²) in [6, 6.07) is 22.6. The molecule has 0 heterocycles. The van der Waals surface area contributed by atoms with Crippen molar-refractivity contribution in [2.45, 2.75) is 13.2 Å². The highest BCUT2D eigenvalue weighted by molar-refractivity contribution is 9.10. The molecule has 128 valence electrons. The average Bonchev–Trinajstić information content (AvgIpc) is 2.62. The molecule has 0 aliphatic rings. The summed E-state index contributed by atoms with van der Waals surface area (Å²) in [7, 11) is 0. The van der Waals surface area contributed by atoms with Crippen molar-refractivity contribution in [3.8, 4) is 5.75 Å². The second kappa shape index (κ2) is 8.65. The summed E-state index contributed by atoms with van der Waals surface area (Å²) in [5, 5.41) is 0. The molecule has 3 nitrogen and oxygen atoms in total. The maximum Gasteiger partial charge on any atom is 0.130 e. The molecular formula is C20H18BrFN2O. The first-order chi connectivity index (χ1) is 12.2. The highest BCUT2D eigenvalue weighted by Gasteiger charge is 2.04. The first-order valence-electron chi connectivity index (χ1n) is 7.90. The lowest BCUT2D eigenvalue weighted by atomic mass is 10.2. The first-order valence-corrected chi connectivity index (χ1v) is 8.69. The molecule has 0 saturated heterocycles. The Morgan fingerprint density at radius 1 is 0.920 bits per heavy atom. The second-order valence-corrected chi connectivity index (χ2v) is 6.43. The summed E-state index contributed by atoms with van der Waals surface area (Å²) in [6.07, 6.45) is 0. The van der Waals surface area contributed by atoms with Gasteiger partial charge in [-0.2, -0.15) is 0 Å². The maximum absolute atomic E-state index is 13.8. The third kappa shape index (κ3) is 5.31. The molecule has 0 radical (unpaired) electrons. The fourth-order valence-electron chi connectivity index (χ4n) is 2.31. The third-order valence-corrected chi connectivity index (χ3v) is 4.10. The van der Waals surface area contributed by atoms with Crippen molar-refractivity contribution >= 4 is 21.6 Å². The van der Waals surface area contributed by atoms with Gasteiger partial charge in [0, 0.05) is 22.3 Å². The smallest absolute Gasteiger partial charge is 0.130 e. The van der Waals surface area contributed by atoms with Gasteiger partial charge in [-0.1, -0.05) is 52.3 Å². The molecule has 0 spiro atoms. The van der Waals surface area contributed by atoms with Gasteiger partial charge in [-0.15, -0.1) is 0 Å². The highest BCUT2D eigenvalue weighted by Crippen LogP contribution is 2.19. The van der Waals surface area contributed by atoms with E-state index in [9.17, 15) is 4.39 Å². The summed E-state index contributed by atoms with van der Waals surface area (Å²) >= 11 is 3.25. The Hall–Kier alpha value is -2.37. The van der Waals surface area contributed by atoms with E-state index in [1.807, 2.05) is 54.6 Å². The number of para-hydroxylation sites is 1. The van der Waals surface area contributed by atoms with Crippen molar-refractivity contribution in [3.63, 3.8) is 0 Å². The molecule has 3 aromatic rings. The van der Waals surface area contributed by atoms with Crippen LogP contribution in [-0.2, 0) is 13.2 Å². The van der Waals surface area contributed by atoms with Gasteiger partial charge in [-0.05, 0) is 42.0 Å². The van der Waals surface area contributed by atoms with E-state index in [0.29, 0.717) is 22.3 Å². The Morgan fingerprint density at radius 2 is 1.76 bits per heavy atom. The minimum atomic E-state index is -0.278. The Kier molecular flexibility index (Phi) is 6.04. The molecule has 0 unspecified atom stereocenters. The molecule has 2 N–H and O–H groups in total. The van der Waals surface area contributed by atoms with Crippen LogP contribution < -0.4 is 15.6 Å².